The van der Waals surface area contributed by atoms with Crippen molar-refractivity contribution in [3.63, 3.8) is 0 Å². The summed E-state index contributed by atoms with van der Waals surface area (Å²) in [7, 11) is 0.215. The van der Waals surface area contributed by atoms with Crippen molar-refractivity contribution in [2.45, 2.75) is 13.3 Å². The van der Waals surface area contributed by atoms with Gasteiger partial charge in [0.05, 0.1) is 0 Å². The lowest BCUT2D eigenvalue weighted by molar-refractivity contribution is 0.471. The Morgan fingerprint density at radius 3 is 2.56 bits per heavy atom. The van der Waals surface area contributed by atoms with Crippen LogP contribution in [0, 0.1) is 0 Å². The number of rotatable bonds is 4. The molecule has 2 nitrogen and oxygen atoms in total. The quantitative estimate of drug-likeness (QED) is 0.473. The van der Waals surface area contributed by atoms with Gasteiger partial charge >= 0.3 is 0 Å². The van der Waals surface area contributed by atoms with E-state index in [-0.39, 0.29) is 0 Å². The maximum absolute atomic E-state index is 11.0. The summed E-state index contributed by atoms with van der Waals surface area (Å²) >= 11 is 0. The van der Waals surface area contributed by atoms with E-state index in [1.165, 1.54) is 0 Å². The molecule has 0 aromatic rings. The zero-order chi connectivity index (χ0) is 7.28. The fourth-order valence-corrected chi connectivity index (χ4v) is 2.98. The highest BCUT2D eigenvalue weighted by Gasteiger charge is 2.15. The molecule has 0 aromatic carbocycles. The molecule has 9 heavy (non-hydrogen) atoms. The third kappa shape index (κ3) is 4.15. The molecule has 0 aliphatic heterocycles. The lowest BCUT2D eigenvalue weighted by atomic mass is 10.6. The molecule has 0 aliphatic carbocycles. The van der Waals surface area contributed by atoms with Crippen molar-refractivity contribution in [1.82, 2.24) is 0 Å². The normalized spacial score (nSPS) is 17.3. The van der Waals surface area contributed by atoms with Crippen LogP contribution in [-0.4, -0.2) is 24.1 Å². The summed E-state index contributed by atoms with van der Waals surface area (Å²) in [5.41, 5.74) is 0. The Hall–Kier alpha value is 0.700. The van der Waals surface area contributed by atoms with Gasteiger partial charge in [-0.25, -0.2) is 0 Å². The van der Waals surface area contributed by atoms with Crippen LogP contribution in [0.4, 0.5) is 0 Å². The first-order chi connectivity index (χ1) is 4.22. The van der Waals surface area contributed by atoms with E-state index in [1.807, 2.05) is 13.6 Å². The zero-order valence-electron chi connectivity index (χ0n) is 6.09. The molecule has 0 amide bonds. The predicted octanol–water partition coefficient (Wildman–Crippen LogP) is 1.73. The van der Waals surface area contributed by atoms with Crippen LogP contribution in [0.3, 0.4) is 0 Å². The molecule has 0 bridgehead atoms. The minimum Gasteiger partial charge on any atom is -0.613 e. The van der Waals surface area contributed by atoms with Gasteiger partial charge in [-0.15, -0.1) is 0 Å². The molecule has 56 valence electrons. The SMILES string of the molecule is CCC[S+]([O-])P(C)OC. The summed E-state index contributed by atoms with van der Waals surface area (Å²) in [6.45, 7) is 3.91. The molecule has 0 saturated heterocycles. The molecule has 0 radical (unpaired) electrons. The molecule has 0 heterocycles. The Morgan fingerprint density at radius 2 is 2.22 bits per heavy atom. The van der Waals surface area contributed by atoms with Gasteiger partial charge in [0.1, 0.15) is 5.75 Å². The first-order valence-corrected chi connectivity index (χ1v) is 6.51. The van der Waals surface area contributed by atoms with Gasteiger partial charge < -0.3 is 9.08 Å². The highest BCUT2D eigenvalue weighted by molar-refractivity contribution is 8.48. The molecule has 0 aromatic heterocycles. The first-order valence-electron chi connectivity index (χ1n) is 2.88. The van der Waals surface area contributed by atoms with E-state index < -0.39 is 18.1 Å². The summed E-state index contributed by atoms with van der Waals surface area (Å²) in [4.78, 5) is 0. The van der Waals surface area contributed by atoms with Crippen LogP contribution in [0.15, 0.2) is 0 Å². The minimum absolute atomic E-state index is 0.673. The summed E-state index contributed by atoms with van der Waals surface area (Å²) in [5, 5.41) is 0. The van der Waals surface area contributed by atoms with Crippen LogP contribution in [0.2, 0.25) is 0 Å². The van der Waals surface area contributed by atoms with Crippen LogP contribution in [0.25, 0.3) is 0 Å². The molecule has 4 heteroatoms. The Balaban J connectivity index is 3.32. The molecule has 0 spiro atoms. The lowest BCUT2D eigenvalue weighted by Gasteiger charge is -2.13. The Morgan fingerprint density at radius 1 is 1.67 bits per heavy atom. The van der Waals surface area contributed by atoms with E-state index in [9.17, 15) is 4.55 Å². The monoisotopic (exact) mass is 168 g/mol. The van der Waals surface area contributed by atoms with Crippen molar-refractivity contribution >= 4 is 18.1 Å². The van der Waals surface area contributed by atoms with Crippen molar-refractivity contribution < 1.29 is 9.08 Å². The second-order valence-corrected chi connectivity index (χ2v) is 6.71. The fourth-order valence-electron chi connectivity index (χ4n) is 0.386. The van der Waals surface area contributed by atoms with Crippen molar-refractivity contribution in [1.29, 1.82) is 0 Å². The third-order valence-corrected chi connectivity index (χ3v) is 5.48. The summed E-state index contributed by atoms with van der Waals surface area (Å²) in [5.74, 6) is 0.774. The molecule has 0 aliphatic rings. The number of hydrogen-bond acceptors (Lipinski definition) is 2. The van der Waals surface area contributed by atoms with Gasteiger partial charge in [-0.3, -0.25) is 0 Å². The van der Waals surface area contributed by atoms with Gasteiger partial charge in [0, 0.05) is 13.8 Å². The largest absolute Gasteiger partial charge is 0.613 e. The zero-order valence-corrected chi connectivity index (χ0v) is 7.80. The van der Waals surface area contributed by atoms with Gasteiger partial charge in [-0.2, -0.15) is 0 Å². The van der Waals surface area contributed by atoms with Crippen LogP contribution in [0.5, 0.6) is 0 Å². The second-order valence-electron chi connectivity index (χ2n) is 1.65. The van der Waals surface area contributed by atoms with Gasteiger partial charge in [0.2, 0.25) is 0 Å². The Bertz CT molecular complexity index is 72.0. The average Bonchev–Trinajstić information content (AvgIpc) is 1.87. The van der Waals surface area contributed by atoms with Crippen LogP contribution >= 0.6 is 7.35 Å². The van der Waals surface area contributed by atoms with E-state index in [0.29, 0.717) is 0 Å². The van der Waals surface area contributed by atoms with Gasteiger partial charge in [0.25, 0.3) is 7.35 Å². The molecule has 0 saturated carbocycles. The summed E-state index contributed by atoms with van der Waals surface area (Å²) < 4.78 is 15.9. The maximum atomic E-state index is 11.0. The van der Waals surface area contributed by atoms with Crippen LogP contribution in [-0.2, 0) is 15.3 Å². The fraction of sp³-hybridized carbons (Fsp3) is 1.00. The van der Waals surface area contributed by atoms with Crippen LogP contribution in [0.1, 0.15) is 13.3 Å². The number of hydrogen-bond donors (Lipinski definition) is 0. The van der Waals surface area contributed by atoms with Gasteiger partial charge in [-0.05, 0) is 17.2 Å². The lowest BCUT2D eigenvalue weighted by Crippen LogP contribution is -2.02. The Kier molecular flexibility index (Phi) is 5.91. The van der Waals surface area contributed by atoms with E-state index in [0.717, 1.165) is 12.2 Å². The van der Waals surface area contributed by atoms with Crippen molar-refractivity contribution in [2.24, 2.45) is 0 Å². The highest BCUT2D eigenvalue weighted by atomic mass is 32.8. The topological polar surface area (TPSA) is 32.3 Å². The molecule has 0 fully saturated rings. The summed E-state index contributed by atoms with van der Waals surface area (Å²) in [6, 6.07) is 0. The molecule has 0 N–H and O–H groups in total. The Labute approximate surface area is 60.7 Å². The maximum Gasteiger partial charge on any atom is 0.260 e. The highest BCUT2D eigenvalue weighted by Crippen LogP contribution is 2.39. The molecule has 0 rings (SSSR count). The molecule has 2 unspecified atom stereocenters. The molecule has 2 atom stereocenters. The third-order valence-electron chi connectivity index (χ3n) is 0.923. The van der Waals surface area contributed by atoms with Crippen molar-refractivity contribution in [3.05, 3.63) is 0 Å². The predicted molar refractivity (Wildman–Crippen MR) is 43.2 cm³/mol. The van der Waals surface area contributed by atoms with Crippen molar-refractivity contribution in [2.75, 3.05) is 19.5 Å². The van der Waals surface area contributed by atoms with E-state index in [4.69, 9.17) is 4.52 Å². The molecular formula is C5H13O2PS. The van der Waals surface area contributed by atoms with E-state index in [1.54, 1.807) is 7.11 Å². The van der Waals surface area contributed by atoms with Gasteiger partial charge in [-0.1, -0.05) is 6.92 Å². The van der Waals surface area contributed by atoms with E-state index in [2.05, 4.69) is 0 Å². The standard InChI is InChI=1S/C5H13O2PS/c1-4-5-9(6)8(3)7-2/h4-5H2,1-3H3. The summed E-state index contributed by atoms with van der Waals surface area (Å²) in [6.07, 6.45) is 0.975. The van der Waals surface area contributed by atoms with E-state index >= 15 is 0 Å². The first kappa shape index (κ1) is 9.70. The van der Waals surface area contributed by atoms with Crippen LogP contribution < -0.4 is 0 Å². The average molecular weight is 168 g/mol. The smallest absolute Gasteiger partial charge is 0.260 e. The minimum atomic E-state index is -0.722. The second kappa shape index (κ2) is 5.48. The molecular weight excluding hydrogens is 155 g/mol. The van der Waals surface area contributed by atoms with Crippen molar-refractivity contribution in [3.8, 4) is 0 Å². The van der Waals surface area contributed by atoms with Gasteiger partial charge in [0.15, 0.2) is 0 Å².